The molecule has 0 aromatic heterocycles. The molecule has 0 heterocycles. The molecule has 1 unspecified atom stereocenters. The first-order chi connectivity index (χ1) is 9.19. The second kappa shape index (κ2) is 9.73. The lowest BCUT2D eigenvalue weighted by Crippen LogP contribution is -2.36. The van der Waals surface area contributed by atoms with Crippen LogP contribution in [0.25, 0.3) is 0 Å². The topological polar surface area (TPSA) is 18.5 Å². The molecular formula is C16H35N3. The van der Waals surface area contributed by atoms with Crippen molar-refractivity contribution < 1.29 is 0 Å². The molecule has 0 aromatic carbocycles. The van der Waals surface area contributed by atoms with Crippen molar-refractivity contribution in [2.45, 2.75) is 53.0 Å². The van der Waals surface area contributed by atoms with Crippen molar-refractivity contribution in [3.05, 3.63) is 0 Å². The molecule has 1 aliphatic carbocycles. The number of nitrogens with zero attached hydrogens (tertiary/aromatic N) is 2. The summed E-state index contributed by atoms with van der Waals surface area (Å²) in [5.41, 5.74) is 0. The lowest BCUT2D eigenvalue weighted by atomic mass is 10.1. The maximum atomic E-state index is 3.64. The van der Waals surface area contributed by atoms with E-state index in [0.717, 1.165) is 12.0 Å². The maximum Gasteiger partial charge on any atom is 0.00683 e. The molecule has 0 radical (unpaired) electrons. The van der Waals surface area contributed by atoms with Crippen LogP contribution in [0.3, 0.4) is 0 Å². The fourth-order valence-electron chi connectivity index (χ4n) is 2.60. The Morgan fingerprint density at radius 3 is 2.11 bits per heavy atom. The molecule has 1 rings (SSSR count). The van der Waals surface area contributed by atoms with E-state index in [-0.39, 0.29) is 0 Å². The molecule has 3 nitrogen and oxygen atoms in total. The highest BCUT2D eigenvalue weighted by molar-refractivity contribution is 4.81. The molecule has 3 heteroatoms. The zero-order valence-corrected chi connectivity index (χ0v) is 13.6. The lowest BCUT2D eigenvalue weighted by molar-refractivity contribution is 0.220. The fraction of sp³-hybridized carbons (Fsp3) is 1.00. The van der Waals surface area contributed by atoms with Gasteiger partial charge in [-0.25, -0.2) is 0 Å². The Bertz CT molecular complexity index is 212. The summed E-state index contributed by atoms with van der Waals surface area (Å²) in [7, 11) is 0. The van der Waals surface area contributed by atoms with Crippen molar-refractivity contribution in [2.24, 2.45) is 5.92 Å². The smallest absolute Gasteiger partial charge is 0.00683 e. The number of nitrogens with one attached hydrogen (secondary N) is 1. The summed E-state index contributed by atoms with van der Waals surface area (Å²) < 4.78 is 0. The molecule has 1 aliphatic rings. The average molecular weight is 269 g/mol. The molecular weight excluding hydrogens is 234 g/mol. The van der Waals surface area contributed by atoms with Crippen LogP contribution in [0.15, 0.2) is 0 Å². The van der Waals surface area contributed by atoms with Gasteiger partial charge in [0.2, 0.25) is 0 Å². The Morgan fingerprint density at radius 2 is 1.58 bits per heavy atom. The minimum Gasteiger partial charge on any atom is -0.314 e. The monoisotopic (exact) mass is 269 g/mol. The van der Waals surface area contributed by atoms with Gasteiger partial charge in [-0.3, -0.25) is 0 Å². The van der Waals surface area contributed by atoms with Crippen LogP contribution in [-0.4, -0.2) is 61.7 Å². The van der Waals surface area contributed by atoms with Crippen molar-refractivity contribution >= 4 is 0 Å². The largest absolute Gasteiger partial charge is 0.314 e. The zero-order valence-electron chi connectivity index (χ0n) is 13.6. The van der Waals surface area contributed by atoms with E-state index in [1.54, 1.807) is 0 Å². The van der Waals surface area contributed by atoms with Gasteiger partial charge in [-0.1, -0.05) is 27.7 Å². The van der Waals surface area contributed by atoms with Gasteiger partial charge in [0.25, 0.3) is 0 Å². The van der Waals surface area contributed by atoms with Crippen molar-refractivity contribution in [3.63, 3.8) is 0 Å². The fourth-order valence-corrected chi connectivity index (χ4v) is 2.60. The highest BCUT2D eigenvalue weighted by atomic mass is 15.1. The Hall–Kier alpha value is -0.120. The summed E-state index contributed by atoms with van der Waals surface area (Å²) in [6.07, 6.45) is 4.10. The third-order valence-corrected chi connectivity index (χ3v) is 4.19. The highest BCUT2D eigenvalue weighted by Gasteiger charge is 2.21. The summed E-state index contributed by atoms with van der Waals surface area (Å²) in [5.74, 6) is 0.772. The summed E-state index contributed by atoms with van der Waals surface area (Å²) in [4.78, 5) is 5.13. The second-order valence-electron chi connectivity index (χ2n) is 6.06. The summed E-state index contributed by atoms with van der Waals surface area (Å²) in [5, 5.41) is 3.64. The van der Waals surface area contributed by atoms with Gasteiger partial charge in [0, 0.05) is 12.6 Å². The Kier molecular flexibility index (Phi) is 8.67. The van der Waals surface area contributed by atoms with E-state index in [9.17, 15) is 0 Å². The van der Waals surface area contributed by atoms with Crippen molar-refractivity contribution in [1.82, 2.24) is 15.1 Å². The SMILES string of the molecule is CCN(CC)CCCN(CC)CC(C)CNC1CC1. The second-order valence-corrected chi connectivity index (χ2v) is 6.06. The van der Waals surface area contributed by atoms with E-state index in [1.165, 1.54) is 65.1 Å². The highest BCUT2D eigenvalue weighted by Crippen LogP contribution is 2.18. The summed E-state index contributed by atoms with van der Waals surface area (Å²) in [6, 6.07) is 0.847. The molecule has 1 fully saturated rings. The van der Waals surface area contributed by atoms with Crippen LogP contribution in [0.1, 0.15) is 47.0 Å². The standard InChI is InChI=1S/C16H35N3/c1-5-18(6-2)11-8-12-19(7-3)14-15(4)13-17-16-9-10-16/h15-17H,5-14H2,1-4H3. The van der Waals surface area contributed by atoms with E-state index in [0.29, 0.717) is 0 Å². The molecule has 1 saturated carbocycles. The summed E-state index contributed by atoms with van der Waals surface area (Å²) >= 11 is 0. The predicted molar refractivity (Wildman–Crippen MR) is 84.7 cm³/mol. The maximum absolute atomic E-state index is 3.64. The third kappa shape index (κ3) is 7.91. The lowest BCUT2D eigenvalue weighted by Gasteiger charge is -2.26. The van der Waals surface area contributed by atoms with Crippen LogP contribution in [0, 0.1) is 5.92 Å². The van der Waals surface area contributed by atoms with Crippen LogP contribution >= 0.6 is 0 Å². The van der Waals surface area contributed by atoms with Gasteiger partial charge in [-0.2, -0.15) is 0 Å². The van der Waals surface area contributed by atoms with Gasteiger partial charge >= 0.3 is 0 Å². The quantitative estimate of drug-likeness (QED) is 0.587. The minimum absolute atomic E-state index is 0.772. The summed E-state index contributed by atoms with van der Waals surface area (Å²) in [6.45, 7) is 17.7. The van der Waals surface area contributed by atoms with Crippen LogP contribution in [0.5, 0.6) is 0 Å². The molecule has 0 bridgehead atoms. The molecule has 1 atom stereocenters. The van der Waals surface area contributed by atoms with E-state index in [4.69, 9.17) is 0 Å². The number of hydrogen-bond donors (Lipinski definition) is 1. The molecule has 0 saturated heterocycles. The molecule has 0 spiro atoms. The van der Waals surface area contributed by atoms with Crippen molar-refractivity contribution in [1.29, 1.82) is 0 Å². The zero-order chi connectivity index (χ0) is 14.1. The van der Waals surface area contributed by atoms with Crippen molar-refractivity contribution in [3.8, 4) is 0 Å². The first-order valence-corrected chi connectivity index (χ1v) is 8.37. The van der Waals surface area contributed by atoms with E-state index < -0.39 is 0 Å². The molecule has 0 aromatic rings. The van der Waals surface area contributed by atoms with Crippen LogP contribution in [-0.2, 0) is 0 Å². The van der Waals surface area contributed by atoms with Crippen LogP contribution in [0.4, 0.5) is 0 Å². The minimum atomic E-state index is 0.772. The Labute approximate surface area is 120 Å². The number of hydrogen-bond acceptors (Lipinski definition) is 3. The van der Waals surface area contributed by atoms with Gasteiger partial charge in [0.15, 0.2) is 0 Å². The van der Waals surface area contributed by atoms with Gasteiger partial charge in [0.05, 0.1) is 0 Å². The predicted octanol–water partition coefficient (Wildman–Crippen LogP) is 2.43. The van der Waals surface area contributed by atoms with Gasteiger partial charge in [-0.05, 0) is 64.4 Å². The van der Waals surface area contributed by atoms with Crippen molar-refractivity contribution in [2.75, 3.05) is 45.8 Å². The Balaban J connectivity index is 2.09. The van der Waals surface area contributed by atoms with E-state index >= 15 is 0 Å². The first-order valence-electron chi connectivity index (χ1n) is 8.37. The molecule has 1 N–H and O–H groups in total. The van der Waals surface area contributed by atoms with Crippen LogP contribution in [0.2, 0.25) is 0 Å². The molecule has 0 aliphatic heterocycles. The molecule has 114 valence electrons. The number of rotatable bonds is 12. The van der Waals surface area contributed by atoms with E-state index in [2.05, 4.69) is 42.8 Å². The Morgan fingerprint density at radius 1 is 1.00 bits per heavy atom. The normalized spacial score (nSPS) is 17.4. The van der Waals surface area contributed by atoms with E-state index in [1.807, 2.05) is 0 Å². The average Bonchev–Trinajstić information content (AvgIpc) is 3.24. The molecule has 0 amide bonds. The first kappa shape index (κ1) is 16.9. The molecule has 19 heavy (non-hydrogen) atoms. The third-order valence-electron chi connectivity index (χ3n) is 4.19. The van der Waals surface area contributed by atoms with Crippen LogP contribution < -0.4 is 5.32 Å². The van der Waals surface area contributed by atoms with Gasteiger partial charge < -0.3 is 15.1 Å². The van der Waals surface area contributed by atoms with Gasteiger partial charge in [0.1, 0.15) is 0 Å². The van der Waals surface area contributed by atoms with Gasteiger partial charge in [-0.15, -0.1) is 0 Å².